The highest BCUT2D eigenvalue weighted by molar-refractivity contribution is 5.88. The van der Waals surface area contributed by atoms with Crippen molar-refractivity contribution in [1.82, 2.24) is 14.5 Å². The highest BCUT2D eigenvalue weighted by atomic mass is 19.1. The Morgan fingerprint density at radius 2 is 2.04 bits per heavy atom. The van der Waals surface area contributed by atoms with Gasteiger partial charge in [-0.15, -0.1) is 0 Å². The van der Waals surface area contributed by atoms with E-state index in [9.17, 15) is 13.6 Å². The van der Waals surface area contributed by atoms with Gasteiger partial charge in [0.05, 0.1) is 22.5 Å². The van der Waals surface area contributed by atoms with Crippen molar-refractivity contribution in [2.75, 3.05) is 12.0 Å². The zero-order valence-electron chi connectivity index (χ0n) is 16.1. The molecule has 1 aliphatic carbocycles. The number of nitrogens with one attached hydrogen (secondary N) is 1. The van der Waals surface area contributed by atoms with Crippen LogP contribution in [0, 0.1) is 19.7 Å². The summed E-state index contributed by atoms with van der Waals surface area (Å²) in [4.78, 5) is 21.3. The van der Waals surface area contributed by atoms with E-state index in [2.05, 4.69) is 15.3 Å². The summed E-state index contributed by atoms with van der Waals surface area (Å²) in [7, 11) is 0. The predicted octanol–water partition coefficient (Wildman–Crippen LogP) is 4.18. The van der Waals surface area contributed by atoms with Crippen molar-refractivity contribution >= 4 is 16.7 Å². The fourth-order valence-corrected chi connectivity index (χ4v) is 3.57. The summed E-state index contributed by atoms with van der Waals surface area (Å²) in [5.41, 5.74) is 0.566. The molecule has 0 aliphatic heterocycles. The minimum absolute atomic E-state index is 0.260. The van der Waals surface area contributed by atoms with Crippen LogP contribution in [0.15, 0.2) is 35.3 Å². The van der Waals surface area contributed by atoms with Gasteiger partial charge >= 0.3 is 0 Å². The molecular formula is C21H22F2N4O. The normalized spacial score (nSPS) is 16.2. The van der Waals surface area contributed by atoms with Crippen LogP contribution in [0.4, 0.5) is 14.6 Å². The average Bonchev–Trinajstić information content (AvgIpc) is 3.44. The lowest BCUT2D eigenvalue weighted by Gasteiger charge is -2.20. The second-order valence-electron chi connectivity index (χ2n) is 7.60. The highest BCUT2D eigenvalue weighted by Gasteiger charge is 2.45. The molecule has 28 heavy (non-hydrogen) atoms. The Bertz CT molecular complexity index is 1120. The van der Waals surface area contributed by atoms with Crippen molar-refractivity contribution < 1.29 is 8.78 Å². The summed E-state index contributed by atoms with van der Waals surface area (Å²) >= 11 is 0. The van der Waals surface area contributed by atoms with Crippen molar-refractivity contribution in [2.24, 2.45) is 0 Å². The van der Waals surface area contributed by atoms with Crippen LogP contribution < -0.4 is 10.9 Å². The average molecular weight is 384 g/mol. The number of nitrogens with zero attached hydrogens (tertiary/aromatic N) is 3. The van der Waals surface area contributed by atoms with Gasteiger partial charge in [0.2, 0.25) is 0 Å². The maximum absolute atomic E-state index is 14.5. The molecule has 1 aliphatic rings. The van der Waals surface area contributed by atoms with Crippen LogP contribution in [0.2, 0.25) is 0 Å². The van der Waals surface area contributed by atoms with E-state index in [1.165, 1.54) is 10.6 Å². The van der Waals surface area contributed by atoms with Crippen LogP contribution in [0.25, 0.3) is 10.9 Å². The second kappa shape index (κ2) is 6.65. The Labute approximate surface area is 161 Å². The molecule has 0 unspecified atom stereocenters. The van der Waals surface area contributed by atoms with E-state index in [1.54, 1.807) is 32.2 Å². The molecule has 0 saturated heterocycles. The van der Waals surface area contributed by atoms with Gasteiger partial charge in [-0.3, -0.25) is 4.79 Å². The lowest BCUT2D eigenvalue weighted by molar-refractivity contribution is 0.331. The monoisotopic (exact) mass is 384 g/mol. The molecule has 1 N–H and O–H groups in total. The molecule has 3 aromatic rings. The molecule has 5 nitrogen and oxygen atoms in total. The Kier molecular flexibility index (Phi) is 4.40. The van der Waals surface area contributed by atoms with Gasteiger partial charge in [0.15, 0.2) is 0 Å². The number of rotatable bonds is 5. The van der Waals surface area contributed by atoms with Crippen molar-refractivity contribution in [2.45, 2.75) is 45.2 Å². The van der Waals surface area contributed by atoms with Gasteiger partial charge < -0.3 is 9.88 Å². The summed E-state index contributed by atoms with van der Waals surface area (Å²) in [6.07, 6.45) is 2.90. The van der Waals surface area contributed by atoms with E-state index in [1.807, 2.05) is 13.0 Å². The number of hydrogen-bond donors (Lipinski definition) is 1. The molecule has 4 rings (SSSR count). The standard InChI is InChI=1S/C21H22F2N4O/c1-12-5-4-6-15(19(12)23)13(2)24-20-16-10-27(21(11-22)7-8-21)18(28)9-17(16)25-14(3)26-20/h4-6,9-10,13H,7-8,11H2,1-3H3,(H,24,25,26)/t13-/m1/s1. The fraction of sp³-hybridized carbons (Fsp3) is 0.381. The van der Waals surface area contributed by atoms with E-state index < -0.39 is 12.2 Å². The minimum Gasteiger partial charge on any atom is -0.363 e. The summed E-state index contributed by atoms with van der Waals surface area (Å²) in [5.74, 6) is 0.735. The Hall–Kier alpha value is -2.83. The number of hydrogen-bond acceptors (Lipinski definition) is 4. The predicted molar refractivity (Wildman–Crippen MR) is 105 cm³/mol. The van der Waals surface area contributed by atoms with Gasteiger partial charge in [0, 0.05) is 17.8 Å². The first kappa shape index (κ1) is 18.5. The molecule has 1 aromatic carbocycles. The first-order chi connectivity index (χ1) is 13.3. The number of aromatic nitrogens is 3. The van der Waals surface area contributed by atoms with Crippen molar-refractivity contribution in [3.05, 3.63) is 63.6 Å². The van der Waals surface area contributed by atoms with Gasteiger partial charge in [-0.05, 0) is 39.2 Å². The summed E-state index contributed by atoms with van der Waals surface area (Å²) in [6.45, 7) is 4.72. The topological polar surface area (TPSA) is 59.8 Å². The van der Waals surface area contributed by atoms with Crippen LogP contribution in [0.3, 0.4) is 0 Å². The Balaban J connectivity index is 1.81. The van der Waals surface area contributed by atoms with Crippen molar-refractivity contribution in [1.29, 1.82) is 0 Å². The zero-order chi connectivity index (χ0) is 20.1. The van der Waals surface area contributed by atoms with Crippen molar-refractivity contribution in [3.63, 3.8) is 0 Å². The Morgan fingerprint density at radius 1 is 1.29 bits per heavy atom. The molecule has 0 amide bonds. The molecule has 2 heterocycles. The summed E-state index contributed by atoms with van der Waals surface area (Å²) in [5, 5.41) is 3.86. The van der Waals surface area contributed by atoms with E-state index in [4.69, 9.17) is 0 Å². The molecule has 146 valence electrons. The van der Waals surface area contributed by atoms with E-state index >= 15 is 0 Å². The SMILES string of the molecule is Cc1nc(N[C@H](C)c2cccc(C)c2F)c2cn(C3(CF)CC3)c(=O)cc2n1. The molecular weight excluding hydrogens is 362 g/mol. The first-order valence-electron chi connectivity index (χ1n) is 9.34. The molecule has 1 fully saturated rings. The maximum Gasteiger partial charge on any atom is 0.253 e. The van der Waals surface area contributed by atoms with Gasteiger partial charge in [-0.2, -0.15) is 0 Å². The highest BCUT2D eigenvalue weighted by Crippen LogP contribution is 2.43. The van der Waals surface area contributed by atoms with Crippen LogP contribution in [0.5, 0.6) is 0 Å². The van der Waals surface area contributed by atoms with Crippen LogP contribution in [0.1, 0.15) is 42.8 Å². The Morgan fingerprint density at radius 3 is 2.71 bits per heavy atom. The van der Waals surface area contributed by atoms with Crippen LogP contribution in [-0.4, -0.2) is 21.2 Å². The third-order valence-electron chi connectivity index (χ3n) is 5.47. The molecule has 0 spiro atoms. The van der Waals surface area contributed by atoms with Crippen LogP contribution in [-0.2, 0) is 5.54 Å². The maximum atomic E-state index is 14.5. The number of halogens is 2. The first-order valence-corrected chi connectivity index (χ1v) is 9.34. The summed E-state index contributed by atoms with van der Waals surface area (Å²) < 4.78 is 29.5. The summed E-state index contributed by atoms with van der Waals surface area (Å²) in [6, 6.07) is 6.33. The number of benzene rings is 1. The van der Waals surface area contributed by atoms with Crippen molar-refractivity contribution in [3.8, 4) is 0 Å². The number of aryl methyl sites for hydroxylation is 2. The van der Waals surface area contributed by atoms with Gasteiger partial charge in [0.25, 0.3) is 5.56 Å². The van der Waals surface area contributed by atoms with E-state index in [0.29, 0.717) is 46.5 Å². The number of pyridine rings is 1. The number of alkyl halides is 1. The largest absolute Gasteiger partial charge is 0.363 e. The van der Waals surface area contributed by atoms with Gasteiger partial charge in [0.1, 0.15) is 24.1 Å². The van der Waals surface area contributed by atoms with Crippen LogP contribution >= 0.6 is 0 Å². The number of fused-ring (bicyclic) bond motifs is 1. The third kappa shape index (κ3) is 3.04. The van der Waals surface area contributed by atoms with E-state index in [0.717, 1.165) is 0 Å². The number of anilines is 1. The lowest BCUT2D eigenvalue weighted by Crippen LogP contribution is -2.31. The second-order valence-corrected chi connectivity index (χ2v) is 7.60. The van der Waals surface area contributed by atoms with E-state index in [-0.39, 0.29) is 17.4 Å². The zero-order valence-corrected chi connectivity index (χ0v) is 16.1. The molecule has 0 radical (unpaired) electrons. The lowest BCUT2D eigenvalue weighted by atomic mass is 10.0. The molecule has 7 heteroatoms. The molecule has 1 atom stereocenters. The molecule has 2 aromatic heterocycles. The molecule has 1 saturated carbocycles. The third-order valence-corrected chi connectivity index (χ3v) is 5.47. The quantitative estimate of drug-likeness (QED) is 0.717. The fourth-order valence-electron chi connectivity index (χ4n) is 3.57. The minimum atomic E-state index is -0.748. The molecule has 0 bridgehead atoms. The smallest absolute Gasteiger partial charge is 0.253 e. The van der Waals surface area contributed by atoms with Gasteiger partial charge in [-0.1, -0.05) is 18.2 Å². The van der Waals surface area contributed by atoms with Gasteiger partial charge in [-0.25, -0.2) is 18.7 Å².